The maximum absolute atomic E-state index is 12.9. The molecule has 8 nitrogen and oxygen atoms in total. The summed E-state index contributed by atoms with van der Waals surface area (Å²) in [5.41, 5.74) is 1.51. The zero-order valence-electron chi connectivity index (χ0n) is 17.8. The molecule has 3 amide bonds. The van der Waals surface area contributed by atoms with E-state index in [9.17, 15) is 19.2 Å². The zero-order chi connectivity index (χ0) is 22.2. The number of nitrogens with one attached hydrogen (secondary N) is 2. The number of Topliss-reactive ketones (excluding diaryl/α,β-unsaturated/α-hetero) is 1. The van der Waals surface area contributed by atoms with Gasteiger partial charge in [0.05, 0.1) is 0 Å². The summed E-state index contributed by atoms with van der Waals surface area (Å²) in [7, 11) is 0. The number of amides is 3. The van der Waals surface area contributed by atoms with Crippen LogP contribution in [0.1, 0.15) is 55.5 Å². The van der Waals surface area contributed by atoms with Crippen molar-refractivity contribution < 1.29 is 23.9 Å². The number of carbonyl (C=O) groups excluding carboxylic acids is 4. The van der Waals surface area contributed by atoms with Gasteiger partial charge in [-0.05, 0) is 30.7 Å². The summed E-state index contributed by atoms with van der Waals surface area (Å²) in [5.74, 6) is -1.50. The molecular weight excluding hydrogens is 398 g/mol. The van der Waals surface area contributed by atoms with Crippen molar-refractivity contribution in [2.24, 2.45) is 5.92 Å². The van der Waals surface area contributed by atoms with Crippen LogP contribution in [-0.2, 0) is 20.7 Å². The van der Waals surface area contributed by atoms with Crippen LogP contribution < -0.4 is 5.32 Å². The minimum absolute atomic E-state index is 0.00943. The SMILES string of the molecule is CCc1cccc2c(C(=O)COC(=O)CN3C(=O)N[C@@]4(CCCC[C@@H]4C)C3=O)c[nH]c12. The number of aromatic amines is 1. The van der Waals surface area contributed by atoms with Crippen molar-refractivity contribution in [2.75, 3.05) is 13.2 Å². The Kier molecular flexibility index (Phi) is 5.56. The number of rotatable bonds is 6. The van der Waals surface area contributed by atoms with Crippen LogP contribution in [0.2, 0.25) is 0 Å². The van der Waals surface area contributed by atoms with Crippen molar-refractivity contribution in [3.05, 3.63) is 35.5 Å². The number of ketones is 1. The molecule has 4 rings (SSSR count). The molecule has 2 aromatic rings. The lowest BCUT2D eigenvalue weighted by Crippen LogP contribution is -2.54. The predicted molar refractivity (Wildman–Crippen MR) is 114 cm³/mol. The van der Waals surface area contributed by atoms with E-state index in [4.69, 9.17) is 4.74 Å². The van der Waals surface area contributed by atoms with E-state index < -0.39 is 30.7 Å². The van der Waals surface area contributed by atoms with E-state index in [2.05, 4.69) is 10.3 Å². The molecule has 2 N–H and O–H groups in total. The quantitative estimate of drug-likeness (QED) is 0.420. The number of urea groups is 1. The lowest BCUT2D eigenvalue weighted by molar-refractivity contribution is -0.147. The Balaban J connectivity index is 1.39. The molecule has 2 fully saturated rings. The van der Waals surface area contributed by atoms with Gasteiger partial charge in [0, 0.05) is 22.7 Å². The normalized spacial score (nSPS) is 23.4. The van der Waals surface area contributed by atoms with E-state index in [0.29, 0.717) is 12.0 Å². The van der Waals surface area contributed by atoms with Crippen molar-refractivity contribution in [3.63, 3.8) is 0 Å². The molecule has 0 radical (unpaired) electrons. The highest BCUT2D eigenvalue weighted by Gasteiger charge is 2.55. The molecule has 1 aliphatic carbocycles. The molecule has 1 aromatic heterocycles. The fourth-order valence-corrected chi connectivity index (χ4v) is 4.78. The van der Waals surface area contributed by atoms with Gasteiger partial charge in [-0.15, -0.1) is 0 Å². The number of para-hydroxylation sites is 1. The Hall–Kier alpha value is -3.16. The second kappa shape index (κ2) is 8.17. The Morgan fingerprint density at radius 1 is 1.26 bits per heavy atom. The van der Waals surface area contributed by atoms with Crippen molar-refractivity contribution in [1.29, 1.82) is 0 Å². The van der Waals surface area contributed by atoms with Crippen molar-refractivity contribution in [1.82, 2.24) is 15.2 Å². The Morgan fingerprint density at radius 2 is 2.06 bits per heavy atom. The molecule has 8 heteroatoms. The topological polar surface area (TPSA) is 109 Å². The second-order valence-corrected chi connectivity index (χ2v) is 8.42. The molecule has 0 bridgehead atoms. The summed E-state index contributed by atoms with van der Waals surface area (Å²) in [6.45, 7) is 3.03. The lowest BCUT2D eigenvalue weighted by atomic mass is 9.73. The van der Waals surface area contributed by atoms with E-state index in [1.54, 1.807) is 6.20 Å². The van der Waals surface area contributed by atoms with Gasteiger partial charge in [-0.2, -0.15) is 0 Å². The number of hydrogen-bond donors (Lipinski definition) is 2. The average Bonchev–Trinajstić information content (AvgIpc) is 3.30. The number of H-pyrrole nitrogens is 1. The molecule has 2 heterocycles. The van der Waals surface area contributed by atoms with Crippen LogP contribution in [0.25, 0.3) is 10.9 Å². The maximum atomic E-state index is 12.9. The number of imide groups is 1. The summed E-state index contributed by atoms with van der Waals surface area (Å²) >= 11 is 0. The minimum Gasteiger partial charge on any atom is -0.456 e. The molecule has 1 saturated carbocycles. The van der Waals surface area contributed by atoms with Gasteiger partial charge in [0.15, 0.2) is 6.61 Å². The van der Waals surface area contributed by atoms with Crippen molar-refractivity contribution in [2.45, 2.75) is 51.5 Å². The number of esters is 1. The first kappa shape index (κ1) is 21.1. The van der Waals surface area contributed by atoms with E-state index in [1.807, 2.05) is 32.0 Å². The standard InChI is InChI=1S/C23H27N3O5/c1-3-15-8-6-9-16-17(11-24-20(15)16)18(27)13-31-19(28)12-26-21(29)23(25-22(26)30)10-5-4-7-14(23)2/h6,8-9,11,14,24H,3-5,7,10,12-13H2,1-2H3,(H,25,30)/t14-,23+/m0/s1. The third-order valence-electron chi connectivity index (χ3n) is 6.64. The van der Waals surface area contributed by atoms with E-state index in [1.165, 1.54) is 0 Å². The number of hydrogen-bond acceptors (Lipinski definition) is 5. The third-order valence-corrected chi connectivity index (χ3v) is 6.64. The monoisotopic (exact) mass is 425 g/mol. The fourth-order valence-electron chi connectivity index (χ4n) is 4.78. The van der Waals surface area contributed by atoms with Crippen LogP contribution >= 0.6 is 0 Å². The highest BCUT2D eigenvalue weighted by molar-refractivity contribution is 6.10. The Bertz CT molecular complexity index is 1060. The minimum atomic E-state index is -0.924. The van der Waals surface area contributed by atoms with Crippen molar-refractivity contribution in [3.8, 4) is 0 Å². The number of aromatic nitrogens is 1. The number of benzene rings is 1. The van der Waals surface area contributed by atoms with Gasteiger partial charge in [0.25, 0.3) is 5.91 Å². The molecule has 1 aromatic carbocycles. The lowest BCUT2D eigenvalue weighted by Gasteiger charge is -2.36. The molecule has 164 valence electrons. The molecule has 31 heavy (non-hydrogen) atoms. The summed E-state index contributed by atoms with van der Waals surface area (Å²) in [6, 6.07) is 5.14. The maximum Gasteiger partial charge on any atom is 0.326 e. The largest absolute Gasteiger partial charge is 0.456 e. The highest BCUT2D eigenvalue weighted by atomic mass is 16.5. The first-order valence-corrected chi connectivity index (χ1v) is 10.8. The number of carbonyl (C=O) groups is 4. The summed E-state index contributed by atoms with van der Waals surface area (Å²) in [5, 5.41) is 3.58. The number of aryl methyl sites for hydroxylation is 1. The van der Waals surface area contributed by atoms with Gasteiger partial charge in [-0.1, -0.05) is 44.9 Å². The number of nitrogens with zero attached hydrogens (tertiary/aromatic N) is 1. The molecule has 1 saturated heterocycles. The molecule has 1 aliphatic heterocycles. The molecule has 2 aliphatic rings. The van der Waals surface area contributed by atoms with Gasteiger partial charge in [-0.25, -0.2) is 4.79 Å². The van der Waals surface area contributed by atoms with E-state index in [0.717, 1.165) is 47.0 Å². The molecular formula is C23H27N3O5. The van der Waals surface area contributed by atoms with Gasteiger partial charge in [-0.3, -0.25) is 19.3 Å². The first-order chi connectivity index (χ1) is 14.9. The van der Waals surface area contributed by atoms with Crippen LogP contribution in [0, 0.1) is 5.92 Å². The number of fused-ring (bicyclic) bond motifs is 1. The van der Waals surface area contributed by atoms with Gasteiger partial charge < -0.3 is 15.0 Å². The molecule has 0 unspecified atom stereocenters. The highest BCUT2D eigenvalue weighted by Crippen LogP contribution is 2.38. The molecule has 2 atom stereocenters. The third kappa shape index (κ3) is 3.60. The van der Waals surface area contributed by atoms with Crippen LogP contribution in [0.15, 0.2) is 24.4 Å². The Labute approximate surface area is 180 Å². The second-order valence-electron chi connectivity index (χ2n) is 8.42. The van der Waals surface area contributed by atoms with Crippen LogP contribution in [0.3, 0.4) is 0 Å². The summed E-state index contributed by atoms with van der Waals surface area (Å²) < 4.78 is 5.12. The smallest absolute Gasteiger partial charge is 0.326 e. The van der Waals surface area contributed by atoms with E-state index >= 15 is 0 Å². The van der Waals surface area contributed by atoms with Crippen LogP contribution in [-0.4, -0.2) is 52.3 Å². The first-order valence-electron chi connectivity index (χ1n) is 10.8. The molecule has 1 spiro atoms. The average molecular weight is 425 g/mol. The fraction of sp³-hybridized carbons (Fsp3) is 0.478. The van der Waals surface area contributed by atoms with E-state index in [-0.39, 0.29) is 17.6 Å². The number of ether oxygens (including phenoxy) is 1. The van der Waals surface area contributed by atoms with Gasteiger partial charge >= 0.3 is 12.0 Å². The van der Waals surface area contributed by atoms with Crippen molar-refractivity contribution >= 4 is 34.6 Å². The summed E-state index contributed by atoms with van der Waals surface area (Å²) in [6.07, 6.45) is 5.74. The van der Waals surface area contributed by atoms with Crippen LogP contribution in [0.5, 0.6) is 0 Å². The van der Waals surface area contributed by atoms with Gasteiger partial charge in [0.1, 0.15) is 12.1 Å². The predicted octanol–water partition coefficient (Wildman–Crippen LogP) is 2.96. The van der Waals surface area contributed by atoms with Gasteiger partial charge in [0.2, 0.25) is 5.78 Å². The summed E-state index contributed by atoms with van der Waals surface area (Å²) in [4.78, 5) is 54.3. The Morgan fingerprint density at radius 3 is 2.81 bits per heavy atom. The zero-order valence-corrected chi connectivity index (χ0v) is 17.8. The van der Waals surface area contributed by atoms with Crippen LogP contribution in [0.4, 0.5) is 4.79 Å².